The smallest absolute Gasteiger partial charge is 0.255 e. The van der Waals surface area contributed by atoms with Gasteiger partial charge >= 0.3 is 0 Å². The minimum absolute atomic E-state index is 0.0744. The van der Waals surface area contributed by atoms with Gasteiger partial charge in [0.25, 0.3) is 5.91 Å². The zero-order valence-electron chi connectivity index (χ0n) is 10.1. The number of para-hydroxylation sites is 1. The van der Waals surface area contributed by atoms with Crippen LogP contribution >= 0.6 is 0 Å². The van der Waals surface area contributed by atoms with Gasteiger partial charge in [-0.15, -0.1) is 0 Å². The molecular weight excluding hydrogens is 234 g/mol. The first-order valence-electron chi connectivity index (χ1n) is 5.62. The first kappa shape index (κ1) is 14.0. The van der Waals surface area contributed by atoms with Crippen molar-refractivity contribution < 1.29 is 14.7 Å². The molecule has 5 N–H and O–H groups in total. The van der Waals surface area contributed by atoms with Crippen LogP contribution in [0.3, 0.4) is 0 Å². The van der Waals surface area contributed by atoms with Gasteiger partial charge in [0.1, 0.15) is 5.75 Å². The highest BCUT2D eigenvalue weighted by molar-refractivity contribution is 5.96. The standard InChI is InChI=1S/C12H17N3O3/c1-8(13)11(17)14-6-7-15-12(18)9-4-2-3-5-10(9)16/h2-5,8,16H,6-7,13H2,1H3,(H,14,17)(H,15,18)/t8-/m0/s1. The Morgan fingerprint density at radius 3 is 2.50 bits per heavy atom. The molecule has 2 amide bonds. The molecule has 0 aliphatic heterocycles. The van der Waals surface area contributed by atoms with Gasteiger partial charge in [-0.05, 0) is 19.1 Å². The number of nitrogens with two attached hydrogens (primary N) is 1. The SMILES string of the molecule is C[C@H](N)C(=O)NCCNC(=O)c1ccccc1O. The van der Waals surface area contributed by atoms with Crippen LogP contribution in [-0.2, 0) is 4.79 Å². The fourth-order valence-corrected chi connectivity index (χ4v) is 1.28. The van der Waals surface area contributed by atoms with E-state index in [0.29, 0.717) is 6.54 Å². The van der Waals surface area contributed by atoms with Crippen molar-refractivity contribution in [2.24, 2.45) is 5.73 Å². The van der Waals surface area contributed by atoms with Crippen molar-refractivity contribution in [2.45, 2.75) is 13.0 Å². The summed E-state index contributed by atoms with van der Waals surface area (Å²) in [7, 11) is 0. The van der Waals surface area contributed by atoms with E-state index in [1.165, 1.54) is 12.1 Å². The van der Waals surface area contributed by atoms with E-state index in [4.69, 9.17) is 5.73 Å². The number of carbonyl (C=O) groups is 2. The first-order chi connectivity index (χ1) is 8.52. The molecule has 0 unspecified atom stereocenters. The summed E-state index contributed by atoms with van der Waals surface area (Å²) in [6, 6.07) is 5.68. The number of benzene rings is 1. The van der Waals surface area contributed by atoms with Crippen LogP contribution in [0.15, 0.2) is 24.3 Å². The van der Waals surface area contributed by atoms with E-state index in [-0.39, 0.29) is 29.7 Å². The predicted octanol–water partition coefficient (Wildman–Crippen LogP) is -0.415. The number of nitrogens with one attached hydrogen (secondary N) is 2. The molecule has 6 heteroatoms. The number of hydrogen-bond donors (Lipinski definition) is 4. The summed E-state index contributed by atoms with van der Waals surface area (Å²) in [5, 5.41) is 14.6. The average Bonchev–Trinajstić information content (AvgIpc) is 2.34. The number of carbonyl (C=O) groups excluding carboxylic acids is 2. The lowest BCUT2D eigenvalue weighted by atomic mass is 10.2. The van der Waals surface area contributed by atoms with E-state index in [1.54, 1.807) is 19.1 Å². The molecule has 0 heterocycles. The summed E-state index contributed by atoms with van der Waals surface area (Å²) in [4.78, 5) is 22.8. The van der Waals surface area contributed by atoms with Crippen molar-refractivity contribution in [1.82, 2.24) is 10.6 Å². The lowest BCUT2D eigenvalue weighted by Gasteiger charge is -2.09. The second kappa shape index (κ2) is 6.61. The summed E-state index contributed by atoms with van der Waals surface area (Å²) in [5.41, 5.74) is 5.56. The highest BCUT2D eigenvalue weighted by Gasteiger charge is 2.10. The van der Waals surface area contributed by atoms with Gasteiger partial charge in [0.15, 0.2) is 0 Å². The van der Waals surface area contributed by atoms with Crippen molar-refractivity contribution in [3.05, 3.63) is 29.8 Å². The van der Waals surface area contributed by atoms with Gasteiger partial charge in [-0.25, -0.2) is 0 Å². The molecule has 0 saturated heterocycles. The number of phenols is 1. The molecule has 0 radical (unpaired) electrons. The number of phenolic OH excluding ortho intramolecular Hbond substituents is 1. The van der Waals surface area contributed by atoms with Gasteiger partial charge in [0.05, 0.1) is 11.6 Å². The lowest BCUT2D eigenvalue weighted by Crippen LogP contribution is -2.42. The molecule has 1 rings (SSSR count). The zero-order valence-corrected chi connectivity index (χ0v) is 10.1. The van der Waals surface area contributed by atoms with E-state index in [9.17, 15) is 14.7 Å². The molecule has 0 aliphatic rings. The van der Waals surface area contributed by atoms with Crippen molar-refractivity contribution in [1.29, 1.82) is 0 Å². The molecule has 1 atom stereocenters. The third-order valence-electron chi connectivity index (χ3n) is 2.27. The fourth-order valence-electron chi connectivity index (χ4n) is 1.28. The van der Waals surface area contributed by atoms with Crippen molar-refractivity contribution in [3.8, 4) is 5.75 Å². The number of aromatic hydroxyl groups is 1. The Morgan fingerprint density at radius 1 is 1.28 bits per heavy atom. The average molecular weight is 251 g/mol. The van der Waals surface area contributed by atoms with Gasteiger partial charge in [0.2, 0.25) is 5.91 Å². The molecule has 0 saturated carbocycles. The molecule has 0 bridgehead atoms. The molecule has 0 aromatic heterocycles. The third kappa shape index (κ3) is 4.06. The molecule has 1 aromatic carbocycles. The first-order valence-corrected chi connectivity index (χ1v) is 5.62. The summed E-state index contributed by atoms with van der Waals surface area (Å²) >= 11 is 0. The van der Waals surface area contributed by atoms with Crippen molar-refractivity contribution >= 4 is 11.8 Å². The number of amides is 2. The van der Waals surface area contributed by atoms with Crippen LogP contribution < -0.4 is 16.4 Å². The summed E-state index contributed by atoms with van der Waals surface area (Å²) in [6.07, 6.45) is 0. The van der Waals surface area contributed by atoms with Crippen LogP contribution in [-0.4, -0.2) is 36.1 Å². The van der Waals surface area contributed by atoms with E-state index in [1.807, 2.05) is 0 Å². The zero-order chi connectivity index (χ0) is 13.5. The predicted molar refractivity (Wildman–Crippen MR) is 67.1 cm³/mol. The highest BCUT2D eigenvalue weighted by atomic mass is 16.3. The Hall–Kier alpha value is -2.08. The Labute approximate surface area is 105 Å². The second-order valence-corrected chi connectivity index (χ2v) is 3.85. The normalized spacial score (nSPS) is 11.7. The monoisotopic (exact) mass is 251 g/mol. The van der Waals surface area contributed by atoms with E-state index in [2.05, 4.69) is 10.6 Å². The van der Waals surface area contributed by atoms with Crippen LogP contribution in [0.1, 0.15) is 17.3 Å². The summed E-state index contributed by atoms with van der Waals surface area (Å²) in [5.74, 6) is -0.732. The molecule has 0 spiro atoms. The van der Waals surface area contributed by atoms with E-state index >= 15 is 0 Å². The molecule has 6 nitrogen and oxygen atoms in total. The summed E-state index contributed by atoms with van der Waals surface area (Å²) < 4.78 is 0. The molecule has 0 aliphatic carbocycles. The van der Waals surface area contributed by atoms with Gasteiger partial charge in [0, 0.05) is 13.1 Å². The maximum atomic E-state index is 11.6. The van der Waals surface area contributed by atoms with Crippen LogP contribution in [0.25, 0.3) is 0 Å². The Morgan fingerprint density at radius 2 is 1.89 bits per heavy atom. The topological polar surface area (TPSA) is 104 Å². The lowest BCUT2D eigenvalue weighted by molar-refractivity contribution is -0.121. The fraction of sp³-hybridized carbons (Fsp3) is 0.333. The molecule has 1 aromatic rings. The second-order valence-electron chi connectivity index (χ2n) is 3.85. The molecule has 0 fully saturated rings. The quantitative estimate of drug-likeness (QED) is 0.534. The Bertz CT molecular complexity index is 432. The molecule has 98 valence electrons. The van der Waals surface area contributed by atoms with Crippen molar-refractivity contribution in [3.63, 3.8) is 0 Å². The Balaban J connectivity index is 2.35. The van der Waals surface area contributed by atoms with Gasteiger partial charge in [-0.2, -0.15) is 0 Å². The van der Waals surface area contributed by atoms with Crippen LogP contribution in [0.4, 0.5) is 0 Å². The van der Waals surface area contributed by atoms with Gasteiger partial charge < -0.3 is 21.5 Å². The van der Waals surface area contributed by atoms with Gasteiger partial charge in [-0.3, -0.25) is 9.59 Å². The minimum Gasteiger partial charge on any atom is -0.507 e. The van der Waals surface area contributed by atoms with E-state index < -0.39 is 6.04 Å². The maximum absolute atomic E-state index is 11.6. The van der Waals surface area contributed by atoms with Gasteiger partial charge in [-0.1, -0.05) is 12.1 Å². The molecular formula is C12H17N3O3. The largest absolute Gasteiger partial charge is 0.507 e. The van der Waals surface area contributed by atoms with Crippen LogP contribution in [0.2, 0.25) is 0 Å². The minimum atomic E-state index is -0.570. The van der Waals surface area contributed by atoms with Crippen LogP contribution in [0.5, 0.6) is 5.75 Å². The summed E-state index contributed by atoms with van der Waals surface area (Å²) in [6.45, 7) is 2.14. The highest BCUT2D eigenvalue weighted by Crippen LogP contribution is 2.14. The number of rotatable bonds is 5. The van der Waals surface area contributed by atoms with Crippen molar-refractivity contribution in [2.75, 3.05) is 13.1 Å². The van der Waals surface area contributed by atoms with Crippen LogP contribution in [0, 0.1) is 0 Å². The number of hydrogen-bond acceptors (Lipinski definition) is 4. The Kier molecular flexibility index (Phi) is 5.13. The third-order valence-corrected chi connectivity index (χ3v) is 2.27. The van der Waals surface area contributed by atoms with E-state index in [0.717, 1.165) is 0 Å². The maximum Gasteiger partial charge on any atom is 0.255 e. The molecule has 18 heavy (non-hydrogen) atoms.